The molecule has 1 saturated carbocycles. The highest BCUT2D eigenvalue weighted by atomic mass is 16.2. The van der Waals surface area contributed by atoms with Crippen LogP contribution in [0, 0.1) is 5.92 Å². The van der Waals surface area contributed by atoms with Crippen molar-refractivity contribution >= 4 is 23.2 Å². The van der Waals surface area contributed by atoms with Gasteiger partial charge in [0.15, 0.2) is 0 Å². The van der Waals surface area contributed by atoms with Gasteiger partial charge in [-0.1, -0.05) is 43.2 Å². The number of hydrogen-bond donors (Lipinski definition) is 2. The van der Waals surface area contributed by atoms with E-state index in [1.807, 2.05) is 48.5 Å². The van der Waals surface area contributed by atoms with Crippen molar-refractivity contribution in [3.05, 3.63) is 59.7 Å². The zero-order chi connectivity index (χ0) is 20.1. The lowest BCUT2D eigenvalue weighted by Gasteiger charge is -2.22. The van der Waals surface area contributed by atoms with Gasteiger partial charge in [0, 0.05) is 36.9 Å². The topological polar surface area (TPSA) is 61.4 Å². The molecule has 1 aliphatic heterocycles. The number of anilines is 2. The molecule has 1 aliphatic carbocycles. The first-order valence-corrected chi connectivity index (χ1v) is 10.7. The second-order valence-electron chi connectivity index (χ2n) is 8.06. The Balaban J connectivity index is 1.52. The zero-order valence-electron chi connectivity index (χ0n) is 16.8. The Kier molecular flexibility index (Phi) is 6.13. The minimum atomic E-state index is -0.104. The largest absolute Gasteiger partial charge is 0.371 e. The van der Waals surface area contributed by atoms with E-state index in [0.717, 1.165) is 62.9 Å². The van der Waals surface area contributed by atoms with E-state index in [2.05, 4.69) is 15.5 Å². The fourth-order valence-corrected chi connectivity index (χ4v) is 4.34. The minimum absolute atomic E-state index is 0.0760. The quantitative estimate of drug-likeness (QED) is 0.770. The van der Waals surface area contributed by atoms with Gasteiger partial charge < -0.3 is 15.5 Å². The molecule has 5 nitrogen and oxygen atoms in total. The van der Waals surface area contributed by atoms with E-state index >= 15 is 0 Å². The van der Waals surface area contributed by atoms with E-state index < -0.39 is 0 Å². The van der Waals surface area contributed by atoms with E-state index in [0.29, 0.717) is 17.8 Å². The predicted molar refractivity (Wildman–Crippen MR) is 116 cm³/mol. The molecule has 1 heterocycles. The van der Waals surface area contributed by atoms with Gasteiger partial charge in [-0.05, 0) is 49.4 Å². The van der Waals surface area contributed by atoms with Crippen molar-refractivity contribution in [2.45, 2.75) is 45.1 Å². The molecule has 4 rings (SSSR count). The van der Waals surface area contributed by atoms with Gasteiger partial charge in [-0.25, -0.2) is 0 Å². The fraction of sp³-hybridized carbons (Fsp3) is 0.417. The molecule has 0 radical (unpaired) electrons. The van der Waals surface area contributed by atoms with Crippen LogP contribution in [0.3, 0.4) is 0 Å². The molecule has 2 aliphatic rings. The van der Waals surface area contributed by atoms with Gasteiger partial charge in [-0.2, -0.15) is 0 Å². The lowest BCUT2D eigenvalue weighted by Crippen LogP contribution is -2.27. The number of nitrogens with zero attached hydrogens (tertiary/aromatic N) is 1. The molecule has 2 amide bonds. The van der Waals surface area contributed by atoms with Crippen LogP contribution in [0.5, 0.6) is 0 Å². The fourth-order valence-electron chi connectivity index (χ4n) is 4.34. The summed E-state index contributed by atoms with van der Waals surface area (Å²) in [6.45, 7) is 2.41. The summed E-state index contributed by atoms with van der Waals surface area (Å²) in [5.74, 6) is 0.0726. The van der Waals surface area contributed by atoms with Crippen LogP contribution in [0.25, 0.3) is 0 Å². The Morgan fingerprint density at radius 2 is 1.66 bits per heavy atom. The molecular formula is C24H29N3O2. The molecule has 1 saturated heterocycles. The summed E-state index contributed by atoms with van der Waals surface area (Å²) < 4.78 is 0. The molecule has 5 heteroatoms. The Bertz CT molecular complexity index is 854. The van der Waals surface area contributed by atoms with Crippen LogP contribution in [-0.2, 0) is 11.3 Å². The lowest BCUT2D eigenvalue weighted by atomic mass is 10.1. The summed E-state index contributed by atoms with van der Waals surface area (Å²) >= 11 is 0. The van der Waals surface area contributed by atoms with Gasteiger partial charge in [-0.15, -0.1) is 0 Å². The third-order valence-electron chi connectivity index (χ3n) is 5.98. The first-order valence-electron chi connectivity index (χ1n) is 10.7. The van der Waals surface area contributed by atoms with Crippen LogP contribution in [0.1, 0.15) is 54.4 Å². The molecule has 0 bridgehead atoms. The summed E-state index contributed by atoms with van der Waals surface area (Å²) in [4.78, 5) is 27.8. The smallest absolute Gasteiger partial charge is 0.253 e. The Hall–Kier alpha value is -2.82. The van der Waals surface area contributed by atoms with E-state index in [4.69, 9.17) is 0 Å². The maximum absolute atomic E-state index is 13.0. The number of hydrogen-bond acceptors (Lipinski definition) is 3. The van der Waals surface area contributed by atoms with E-state index in [1.165, 1.54) is 0 Å². The van der Waals surface area contributed by atoms with Crippen LogP contribution in [0.15, 0.2) is 48.5 Å². The van der Waals surface area contributed by atoms with Gasteiger partial charge in [0.25, 0.3) is 5.91 Å². The molecule has 2 aromatic carbocycles. The molecule has 0 atom stereocenters. The van der Waals surface area contributed by atoms with Gasteiger partial charge >= 0.3 is 0 Å². The average molecular weight is 392 g/mol. The summed E-state index contributed by atoms with van der Waals surface area (Å²) in [6, 6.07) is 15.6. The van der Waals surface area contributed by atoms with Crippen LogP contribution in [0.2, 0.25) is 0 Å². The summed E-state index contributed by atoms with van der Waals surface area (Å²) in [5.41, 5.74) is 3.35. The Morgan fingerprint density at radius 3 is 2.38 bits per heavy atom. The first kappa shape index (κ1) is 19.5. The summed E-state index contributed by atoms with van der Waals surface area (Å²) in [5, 5.41) is 6.07. The molecule has 2 N–H and O–H groups in total. The molecule has 0 spiro atoms. The molecule has 0 unspecified atom stereocenters. The molecule has 152 valence electrons. The normalized spacial score (nSPS) is 16.8. The number of nitrogens with one attached hydrogen (secondary N) is 2. The standard InChI is InChI=1S/C24H29N3O2/c28-23(19-10-4-5-11-19)26-20-12-13-22(27-14-6-7-15-27)21(16-20)24(29)25-17-18-8-2-1-3-9-18/h1-3,8-9,12-13,16,19H,4-7,10-11,14-15,17H2,(H,25,29)(H,26,28). The van der Waals surface area contributed by atoms with E-state index in [1.54, 1.807) is 0 Å². The average Bonchev–Trinajstić information content (AvgIpc) is 3.47. The van der Waals surface area contributed by atoms with Crippen molar-refractivity contribution < 1.29 is 9.59 Å². The maximum Gasteiger partial charge on any atom is 0.253 e. The summed E-state index contributed by atoms with van der Waals surface area (Å²) in [7, 11) is 0. The Morgan fingerprint density at radius 1 is 0.931 bits per heavy atom. The Labute approximate surface area is 172 Å². The van der Waals surface area contributed by atoms with Crippen LogP contribution in [0.4, 0.5) is 11.4 Å². The SMILES string of the molecule is O=C(NCc1ccccc1)c1cc(NC(=O)C2CCCC2)ccc1N1CCCC1. The van der Waals surface area contributed by atoms with Crippen molar-refractivity contribution in [1.29, 1.82) is 0 Å². The predicted octanol–water partition coefficient (Wildman–Crippen LogP) is 4.35. The van der Waals surface area contributed by atoms with Gasteiger partial charge in [0.1, 0.15) is 0 Å². The third kappa shape index (κ3) is 4.78. The number of carbonyl (C=O) groups excluding carboxylic acids is 2. The van der Waals surface area contributed by atoms with Crippen LogP contribution < -0.4 is 15.5 Å². The molecule has 2 aromatic rings. The number of carbonyl (C=O) groups is 2. The van der Waals surface area contributed by atoms with Crippen molar-refractivity contribution in [2.75, 3.05) is 23.3 Å². The first-order chi connectivity index (χ1) is 14.2. The lowest BCUT2D eigenvalue weighted by molar-refractivity contribution is -0.119. The highest BCUT2D eigenvalue weighted by Gasteiger charge is 2.24. The monoisotopic (exact) mass is 391 g/mol. The van der Waals surface area contributed by atoms with Crippen molar-refractivity contribution in [2.24, 2.45) is 5.92 Å². The molecule has 29 heavy (non-hydrogen) atoms. The van der Waals surface area contributed by atoms with Gasteiger partial charge in [-0.3, -0.25) is 9.59 Å². The second kappa shape index (κ2) is 9.12. The minimum Gasteiger partial charge on any atom is -0.371 e. The summed E-state index contributed by atoms with van der Waals surface area (Å²) in [6.07, 6.45) is 6.46. The molecular weight excluding hydrogens is 362 g/mol. The van der Waals surface area contributed by atoms with Gasteiger partial charge in [0.2, 0.25) is 5.91 Å². The van der Waals surface area contributed by atoms with Crippen LogP contribution >= 0.6 is 0 Å². The van der Waals surface area contributed by atoms with Gasteiger partial charge in [0.05, 0.1) is 5.56 Å². The van der Waals surface area contributed by atoms with E-state index in [-0.39, 0.29) is 17.7 Å². The van der Waals surface area contributed by atoms with Crippen molar-refractivity contribution in [3.8, 4) is 0 Å². The number of benzene rings is 2. The van der Waals surface area contributed by atoms with Crippen LogP contribution in [-0.4, -0.2) is 24.9 Å². The van der Waals surface area contributed by atoms with E-state index in [9.17, 15) is 9.59 Å². The third-order valence-corrected chi connectivity index (χ3v) is 5.98. The number of rotatable bonds is 6. The molecule has 2 fully saturated rings. The highest BCUT2D eigenvalue weighted by Crippen LogP contribution is 2.29. The van der Waals surface area contributed by atoms with Crippen molar-refractivity contribution in [1.82, 2.24) is 5.32 Å². The highest BCUT2D eigenvalue weighted by molar-refractivity contribution is 6.02. The van der Waals surface area contributed by atoms with Crippen molar-refractivity contribution in [3.63, 3.8) is 0 Å². The number of amides is 2. The second-order valence-corrected chi connectivity index (χ2v) is 8.06. The zero-order valence-corrected chi connectivity index (χ0v) is 16.8. The molecule has 0 aromatic heterocycles. The maximum atomic E-state index is 13.0.